The Balaban J connectivity index is 1.53. The van der Waals surface area contributed by atoms with E-state index in [0.717, 1.165) is 27.8 Å². The number of carbonyl (C=O) groups excluding carboxylic acids is 1. The average molecular weight is 498 g/mol. The van der Waals surface area contributed by atoms with Gasteiger partial charge in [-0.25, -0.2) is 4.52 Å². The van der Waals surface area contributed by atoms with Crippen LogP contribution in [0.3, 0.4) is 0 Å². The summed E-state index contributed by atoms with van der Waals surface area (Å²) in [6, 6.07) is 19.2. The molecule has 0 bridgehead atoms. The summed E-state index contributed by atoms with van der Waals surface area (Å²) in [6.45, 7) is 4.54. The van der Waals surface area contributed by atoms with E-state index < -0.39 is 5.91 Å². The largest absolute Gasteiger partial charge is 0.497 e. The molecule has 0 aliphatic heterocycles. The zero-order valence-electron chi connectivity index (χ0n) is 21.1. The van der Waals surface area contributed by atoms with Crippen LogP contribution in [0, 0.1) is 13.8 Å². The van der Waals surface area contributed by atoms with Gasteiger partial charge in [0.25, 0.3) is 11.5 Å². The molecule has 0 atom stereocenters. The van der Waals surface area contributed by atoms with Crippen LogP contribution in [0.25, 0.3) is 16.7 Å². The van der Waals surface area contributed by atoms with Gasteiger partial charge in [0.15, 0.2) is 0 Å². The summed E-state index contributed by atoms with van der Waals surface area (Å²) >= 11 is 0. The van der Waals surface area contributed by atoms with Crippen LogP contribution in [-0.2, 0) is 13.1 Å². The number of methoxy groups -OCH3 is 2. The highest BCUT2D eigenvalue weighted by atomic mass is 16.5. The number of ether oxygens (including phenoxy) is 2. The molecule has 0 radical (unpaired) electrons. The van der Waals surface area contributed by atoms with Crippen molar-refractivity contribution in [3.8, 4) is 11.5 Å². The number of hydrogen-bond donors (Lipinski definition) is 1. The third-order valence-corrected chi connectivity index (χ3v) is 6.28. The average Bonchev–Trinajstić information content (AvgIpc) is 3.36. The molecule has 188 valence electrons. The zero-order valence-corrected chi connectivity index (χ0v) is 21.1. The summed E-state index contributed by atoms with van der Waals surface area (Å²) in [4.78, 5) is 30.9. The highest BCUT2D eigenvalue weighted by Gasteiger charge is 2.20. The van der Waals surface area contributed by atoms with E-state index in [9.17, 15) is 9.59 Å². The maximum Gasteiger partial charge on any atom is 0.296 e. The normalized spacial score (nSPS) is 11.1. The van der Waals surface area contributed by atoms with E-state index in [1.165, 1.54) is 4.52 Å². The number of benzene rings is 3. The predicted octanol–water partition coefficient (Wildman–Crippen LogP) is 3.66. The van der Waals surface area contributed by atoms with Crippen LogP contribution in [0.15, 0.2) is 65.5 Å². The van der Waals surface area contributed by atoms with Crippen LogP contribution < -0.4 is 20.3 Å². The molecular formula is C28H27N5O4. The number of fused-ring (bicyclic) bond motifs is 3. The molecule has 5 aromatic rings. The lowest BCUT2D eigenvalue weighted by Gasteiger charge is -2.12. The summed E-state index contributed by atoms with van der Waals surface area (Å²) in [5.74, 6) is 0.670. The maximum absolute atomic E-state index is 13.6. The third kappa shape index (κ3) is 4.63. The van der Waals surface area contributed by atoms with Crippen molar-refractivity contribution in [1.29, 1.82) is 0 Å². The second kappa shape index (κ2) is 9.77. The molecule has 1 amide bonds. The minimum Gasteiger partial charge on any atom is -0.497 e. The first-order chi connectivity index (χ1) is 17.9. The van der Waals surface area contributed by atoms with Crippen LogP contribution in [0.2, 0.25) is 0 Å². The number of nitrogens with one attached hydrogen (secondary N) is 1. The quantitative estimate of drug-likeness (QED) is 0.368. The van der Waals surface area contributed by atoms with Crippen molar-refractivity contribution in [2.45, 2.75) is 26.9 Å². The fourth-order valence-electron chi connectivity index (χ4n) is 4.28. The zero-order chi connectivity index (χ0) is 26.1. The van der Waals surface area contributed by atoms with E-state index in [1.807, 2.05) is 56.3 Å². The fourth-order valence-corrected chi connectivity index (χ4v) is 4.28. The van der Waals surface area contributed by atoms with Crippen LogP contribution in [-0.4, -0.2) is 39.3 Å². The first-order valence-corrected chi connectivity index (χ1v) is 11.8. The van der Waals surface area contributed by atoms with E-state index in [1.54, 1.807) is 37.0 Å². The Labute approximate surface area is 213 Å². The van der Waals surface area contributed by atoms with Gasteiger partial charge in [-0.3, -0.25) is 14.2 Å². The molecule has 1 N–H and O–H groups in total. The van der Waals surface area contributed by atoms with Crippen LogP contribution in [0.5, 0.6) is 11.5 Å². The summed E-state index contributed by atoms with van der Waals surface area (Å²) in [5.41, 5.74) is 5.06. The van der Waals surface area contributed by atoms with Gasteiger partial charge in [0, 0.05) is 12.1 Å². The highest BCUT2D eigenvalue weighted by Crippen LogP contribution is 2.24. The Morgan fingerprint density at radius 2 is 1.68 bits per heavy atom. The van der Waals surface area contributed by atoms with Crippen LogP contribution in [0.4, 0.5) is 0 Å². The molecular weight excluding hydrogens is 470 g/mol. The second-order valence-electron chi connectivity index (χ2n) is 8.90. The third-order valence-electron chi connectivity index (χ3n) is 6.28. The van der Waals surface area contributed by atoms with Gasteiger partial charge in [0.05, 0.1) is 31.8 Å². The Kier molecular flexibility index (Phi) is 6.35. The van der Waals surface area contributed by atoms with Gasteiger partial charge in [-0.15, -0.1) is 5.10 Å². The van der Waals surface area contributed by atoms with Crippen LogP contribution in [0.1, 0.15) is 32.9 Å². The van der Waals surface area contributed by atoms with E-state index in [-0.39, 0.29) is 23.6 Å². The first-order valence-electron chi connectivity index (χ1n) is 11.8. The lowest BCUT2D eigenvalue weighted by molar-refractivity contribution is 0.0940. The van der Waals surface area contributed by atoms with Gasteiger partial charge in [0.2, 0.25) is 11.5 Å². The van der Waals surface area contributed by atoms with Crippen molar-refractivity contribution < 1.29 is 14.3 Å². The molecule has 9 nitrogen and oxygen atoms in total. The number of aromatic nitrogens is 4. The molecule has 0 unspecified atom stereocenters. The van der Waals surface area contributed by atoms with Gasteiger partial charge in [-0.05, 0) is 55.3 Å². The molecule has 0 saturated heterocycles. The summed E-state index contributed by atoms with van der Waals surface area (Å²) in [5, 5.41) is 7.22. The standard InChI is InChI=1S/C28H27N5O4/c1-17-5-8-19(9-6-17)16-32-23-13-18(2)7-11-22(23)33-26(28(32)35)30-25(31-33)27(34)29-15-20-14-21(36-3)10-12-24(20)37-4/h5-14H,15-16H2,1-4H3,(H,29,34). The Bertz CT molecular complexity index is 1690. The van der Waals surface area contributed by atoms with Crippen molar-refractivity contribution in [2.75, 3.05) is 14.2 Å². The fraction of sp³-hybridized carbons (Fsp3) is 0.214. The first kappa shape index (κ1) is 24.1. The number of nitrogens with zero attached hydrogens (tertiary/aromatic N) is 4. The van der Waals surface area contributed by atoms with Crippen LogP contribution >= 0.6 is 0 Å². The second-order valence-corrected chi connectivity index (χ2v) is 8.90. The minimum absolute atomic E-state index is 0.0890. The molecule has 5 rings (SSSR count). The smallest absolute Gasteiger partial charge is 0.296 e. The lowest BCUT2D eigenvalue weighted by atomic mass is 10.1. The van der Waals surface area contributed by atoms with Gasteiger partial charge in [0.1, 0.15) is 11.5 Å². The molecule has 0 spiro atoms. The molecule has 0 saturated carbocycles. The summed E-state index contributed by atoms with van der Waals surface area (Å²) in [7, 11) is 3.13. The van der Waals surface area contributed by atoms with Crippen molar-refractivity contribution in [3.05, 3.63) is 99.1 Å². The Morgan fingerprint density at radius 3 is 2.41 bits per heavy atom. The number of hydrogen-bond acceptors (Lipinski definition) is 6. The molecule has 9 heteroatoms. The number of amides is 1. The lowest BCUT2D eigenvalue weighted by Crippen LogP contribution is -2.24. The SMILES string of the molecule is COc1ccc(OC)c(CNC(=O)c2nc3c(=O)n(Cc4ccc(C)cc4)c4cc(C)ccc4n3n2)c1. The highest BCUT2D eigenvalue weighted by molar-refractivity contribution is 5.91. The van der Waals surface area contributed by atoms with Gasteiger partial charge >= 0.3 is 0 Å². The Hall–Kier alpha value is -4.66. The molecule has 0 fully saturated rings. The number of carbonyl (C=O) groups is 1. The molecule has 37 heavy (non-hydrogen) atoms. The van der Waals surface area contributed by atoms with E-state index in [4.69, 9.17) is 9.47 Å². The van der Waals surface area contributed by atoms with Gasteiger partial charge < -0.3 is 14.8 Å². The van der Waals surface area contributed by atoms with Crippen molar-refractivity contribution in [2.24, 2.45) is 0 Å². The minimum atomic E-state index is -0.502. The monoisotopic (exact) mass is 497 g/mol. The van der Waals surface area contributed by atoms with E-state index in [2.05, 4.69) is 15.4 Å². The van der Waals surface area contributed by atoms with Crippen molar-refractivity contribution in [1.82, 2.24) is 24.5 Å². The Morgan fingerprint density at radius 1 is 0.919 bits per heavy atom. The van der Waals surface area contributed by atoms with Crippen molar-refractivity contribution in [3.63, 3.8) is 0 Å². The molecule has 0 aliphatic carbocycles. The van der Waals surface area contributed by atoms with E-state index in [0.29, 0.717) is 23.6 Å². The number of aryl methyl sites for hydroxylation is 2. The summed E-state index contributed by atoms with van der Waals surface area (Å²) in [6.07, 6.45) is 0. The van der Waals surface area contributed by atoms with Gasteiger partial charge in [-0.2, -0.15) is 4.98 Å². The molecule has 3 aromatic carbocycles. The molecule has 0 aliphatic rings. The predicted molar refractivity (Wildman–Crippen MR) is 140 cm³/mol. The van der Waals surface area contributed by atoms with Gasteiger partial charge in [-0.1, -0.05) is 35.9 Å². The molecule has 2 heterocycles. The molecule has 2 aromatic heterocycles. The number of rotatable bonds is 7. The van der Waals surface area contributed by atoms with Crippen molar-refractivity contribution >= 4 is 22.6 Å². The summed E-state index contributed by atoms with van der Waals surface area (Å²) < 4.78 is 13.8. The topological polar surface area (TPSA) is 99.8 Å². The maximum atomic E-state index is 13.6. The van der Waals surface area contributed by atoms with E-state index >= 15 is 0 Å².